The van der Waals surface area contributed by atoms with Gasteiger partial charge in [-0.1, -0.05) is 88.1 Å². The zero-order valence-corrected chi connectivity index (χ0v) is 27.3. The quantitative estimate of drug-likeness (QED) is 0.0348. The van der Waals surface area contributed by atoms with Crippen molar-refractivity contribution in [1.82, 2.24) is 0 Å². The van der Waals surface area contributed by atoms with Gasteiger partial charge in [0.05, 0.1) is 25.2 Å². The van der Waals surface area contributed by atoms with E-state index in [1.54, 1.807) is 24.3 Å². The highest BCUT2D eigenvalue weighted by Crippen LogP contribution is 2.39. The van der Waals surface area contributed by atoms with E-state index in [4.69, 9.17) is 14.2 Å². The zero-order valence-electron chi connectivity index (χ0n) is 27.3. The Labute approximate surface area is 277 Å². The summed E-state index contributed by atoms with van der Waals surface area (Å²) in [4.78, 5) is 47.4. The average Bonchev–Trinajstić information content (AvgIpc) is 3.08. The molecular formula is C38H48F2O7. The lowest BCUT2D eigenvalue weighted by atomic mass is 9.72. The van der Waals surface area contributed by atoms with Crippen LogP contribution in [0.15, 0.2) is 67.8 Å². The molecule has 0 radical (unpaired) electrons. The molecule has 2 rings (SSSR count). The first-order valence-electron chi connectivity index (χ1n) is 16.5. The summed E-state index contributed by atoms with van der Waals surface area (Å²) in [6.07, 6.45) is 12.7. The second kappa shape index (κ2) is 22.4. The number of carbonyl (C=O) groups excluding carboxylic acids is 4. The van der Waals surface area contributed by atoms with E-state index in [-0.39, 0.29) is 18.1 Å². The van der Waals surface area contributed by atoms with Crippen molar-refractivity contribution in [3.05, 3.63) is 85.0 Å². The minimum atomic E-state index is -0.980. The second-order valence-corrected chi connectivity index (χ2v) is 11.5. The van der Waals surface area contributed by atoms with Gasteiger partial charge in [-0.3, -0.25) is 4.79 Å². The van der Waals surface area contributed by atoms with E-state index in [0.29, 0.717) is 70.1 Å². The van der Waals surface area contributed by atoms with E-state index < -0.39 is 29.0 Å². The van der Waals surface area contributed by atoms with Crippen molar-refractivity contribution >= 4 is 24.2 Å². The fourth-order valence-corrected chi connectivity index (χ4v) is 5.47. The molecule has 0 amide bonds. The van der Waals surface area contributed by atoms with Crippen LogP contribution in [0.25, 0.3) is 11.1 Å². The number of ether oxygens (including phenoxy) is 3. The molecule has 2 aromatic carbocycles. The molecule has 0 atom stereocenters. The normalized spacial score (nSPS) is 11.0. The molecule has 0 N–H and O–H groups in total. The Hall–Kier alpha value is -4.14. The standard InChI is InChI=1S/C38H48F2O7/c1-3-34(42)45-27-14-8-5-11-24-38(37(44)47-29-16-10-7-13-26-41,25-12-6-9-15-28-46-35(43)4-2)31-22-20-30(21-23-31)32-18-17-19-33(39)36(32)40/h3-4,17-23,26H,1-2,5-16,24-25,27-29H2. The van der Waals surface area contributed by atoms with Crippen LogP contribution in [-0.2, 0) is 38.8 Å². The van der Waals surface area contributed by atoms with Crippen molar-refractivity contribution in [3.63, 3.8) is 0 Å². The topological polar surface area (TPSA) is 96.0 Å². The van der Waals surface area contributed by atoms with Crippen molar-refractivity contribution in [2.75, 3.05) is 19.8 Å². The Morgan fingerprint density at radius 2 is 1.17 bits per heavy atom. The van der Waals surface area contributed by atoms with Crippen LogP contribution in [0.3, 0.4) is 0 Å². The molecule has 0 saturated heterocycles. The van der Waals surface area contributed by atoms with Crippen LogP contribution >= 0.6 is 0 Å². The predicted octanol–water partition coefficient (Wildman–Crippen LogP) is 8.53. The highest BCUT2D eigenvalue weighted by Gasteiger charge is 2.40. The molecule has 0 heterocycles. The third-order valence-corrected chi connectivity index (χ3v) is 8.11. The average molecular weight is 655 g/mol. The lowest BCUT2D eigenvalue weighted by Crippen LogP contribution is -2.38. The molecule has 256 valence electrons. The van der Waals surface area contributed by atoms with Gasteiger partial charge in [-0.05, 0) is 62.1 Å². The first-order chi connectivity index (χ1) is 22.8. The van der Waals surface area contributed by atoms with Crippen molar-refractivity contribution in [2.45, 2.75) is 95.3 Å². The summed E-state index contributed by atoms with van der Waals surface area (Å²) in [7, 11) is 0. The summed E-state index contributed by atoms with van der Waals surface area (Å²) in [5.74, 6) is -3.12. The number of esters is 3. The van der Waals surface area contributed by atoms with Crippen LogP contribution in [0, 0.1) is 11.6 Å². The summed E-state index contributed by atoms with van der Waals surface area (Å²) < 4.78 is 44.6. The summed E-state index contributed by atoms with van der Waals surface area (Å²) >= 11 is 0. The maximum atomic E-state index is 14.6. The largest absolute Gasteiger partial charge is 0.465 e. The number of unbranched alkanes of at least 4 members (excludes halogenated alkanes) is 9. The molecule has 0 spiro atoms. The molecule has 0 aliphatic rings. The third-order valence-electron chi connectivity index (χ3n) is 8.11. The molecular weight excluding hydrogens is 606 g/mol. The summed E-state index contributed by atoms with van der Waals surface area (Å²) in [5, 5.41) is 0. The number of rotatable bonds is 25. The fourth-order valence-electron chi connectivity index (χ4n) is 5.47. The van der Waals surface area contributed by atoms with Gasteiger partial charge >= 0.3 is 17.9 Å². The molecule has 7 nitrogen and oxygen atoms in total. The van der Waals surface area contributed by atoms with Crippen molar-refractivity contribution in [3.8, 4) is 11.1 Å². The van der Waals surface area contributed by atoms with Gasteiger partial charge in [0, 0.05) is 24.1 Å². The summed E-state index contributed by atoms with van der Waals surface area (Å²) in [6, 6.07) is 11.0. The molecule has 2 aromatic rings. The highest BCUT2D eigenvalue weighted by atomic mass is 19.2. The Balaban J connectivity index is 2.26. The predicted molar refractivity (Wildman–Crippen MR) is 177 cm³/mol. The Bertz CT molecular complexity index is 1260. The minimum absolute atomic E-state index is 0.134. The Morgan fingerprint density at radius 3 is 1.70 bits per heavy atom. The van der Waals surface area contributed by atoms with Crippen molar-refractivity contribution in [1.29, 1.82) is 0 Å². The van der Waals surface area contributed by atoms with Crippen LogP contribution in [-0.4, -0.2) is 44.0 Å². The number of aldehydes is 1. The van der Waals surface area contributed by atoms with Crippen LogP contribution in [0.1, 0.15) is 95.5 Å². The monoisotopic (exact) mass is 654 g/mol. The van der Waals surface area contributed by atoms with Crippen molar-refractivity contribution < 1.29 is 42.2 Å². The van der Waals surface area contributed by atoms with Gasteiger partial charge in [-0.25, -0.2) is 18.4 Å². The third kappa shape index (κ3) is 13.6. The van der Waals surface area contributed by atoms with E-state index >= 15 is 0 Å². The van der Waals surface area contributed by atoms with Crippen LogP contribution in [0.5, 0.6) is 0 Å². The lowest BCUT2D eigenvalue weighted by molar-refractivity contribution is -0.152. The molecule has 0 unspecified atom stereocenters. The maximum Gasteiger partial charge on any atom is 0.330 e. The number of carbonyl (C=O) groups is 4. The summed E-state index contributed by atoms with van der Waals surface area (Å²) in [6.45, 7) is 7.61. The lowest BCUT2D eigenvalue weighted by Gasteiger charge is -2.33. The fraction of sp³-hybridized carbons (Fsp3) is 0.474. The smallest absolute Gasteiger partial charge is 0.330 e. The van der Waals surface area contributed by atoms with E-state index in [0.717, 1.165) is 68.6 Å². The number of halogens is 2. The van der Waals surface area contributed by atoms with Crippen molar-refractivity contribution in [2.24, 2.45) is 0 Å². The minimum Gasteiger partial charge on any atom is -0.465 e. The number of hydrogen-bond donors (Lipinski definition) is 0. The van der Waals surface area contributed by atoms with Crippen LogP contribution in [0.4, 0.5) is 8.78 Å². The maximum absolute atomic E-state index is 14.6. The highest BCUT2D eigenvalue weighted by molar-refractivity contribution is 5.84. The molecule has 0 bridgehead atoms. The van der Waals surface area contributed by atoms with Gasteiger partial charge in [0.2, 0.25) is 0 Å². The first-order valence-corrected chi connectivity index (χ1v) is 16.5. The molecule has 9 heteroatoms. The summed E-state index contributed by atoms with van der Waals surface area (Å²) in [5.41, 5.74) is 0.386. The molecule has 47 heavy (non-hydrogen) atoms. The van der Waals surface area contributed by atoms with E-state index in [9.17, 15) is 28.0 Å². The van der Waals surface area contributed by atoms with Gasteiger partial charge in [0.25, 0.3) is 0 Å². The molecule has 0 aliphatic heterocycles. The second-order valence-electron chi connectivity index (χ2n) is 11.5. The van der Waals surface area contributed by atoms with Crippen LogP contribution < -0.4 is 0 Å². The van der Waals surface area contributed by atoms with E-state index in [1.807, 2.05) is 0 Å². The molecule has 0 aliphatic carbocycles. The van der Waals surface area contributed by atoms with Gasteiger partial charge < -0.3 is 19.0 Å². The Kier molecular flexibility index (Phi) is 18.6. The van der Waals surface area contributed by atoms with Gasteiger partial charge in [0.1, 0.15) is 6.29 Å². The van der Waals surface area contributed by atoms with Gasteiger partial charge in [0.15, 0.2) is 11.6 Å². The zero-order chi connectivity index (χ0) is 34.3. The molecule has 0 aromatic heterocycles. The number of benzene rings is 2. The van der Waals surface area contributed by atoms with Crippen LogP contribution in [0.2, 0.25) is 0 Å². The van der Waals surface area contributed by atoms with Gasteiger partial charge in [-0.15, -0.1) is 0 Å². The Morgan fingerprint density at radius 1 is 0.660 bits per heavy atom. The van der Waals surface area contributed by atoms with E-state index in [1.165, 1.54) is 12.1 Å². The molecule has 0 fully saturated rings. The van der Waals surface area contributed by atoms with Gasteiger partial charge in [-0.2, -0.15) is 0 Å². The SMILES string of the molecule is C=CC(=O)OCCCCCCC(CCCCCCOC(=O)C=C)(C(=O)OCCCCCC=O)c1ccc(-c2cccc(F)c2F)cc1. The first kappa shape index (κ1) is 39.0. The number of hydrogen-bond acceptors (Lipinski definition) is 7. The molecule has 0 saturated carbocycles. The van der Waals surface area contributed by atoms with E-state index in [2.05, 4.69) is 13.2 Å².